The Kier molecular flexibility index (Phi) is 16.3. The Bertz CT molecular complexity index is 746. The first-order valence-corrected chi connectivity index (χ1v) is 16.0. The first kappa shape index (κ1) is 34.5. The van der Waals surface area contributed by atoms with E-state index >= 15 is 0 Å². The Hall–Kier alpha value is -1.51. The molecule has 1 aromatic carbocycles. The Balaban J connectivity index is 2.35. The van der Waals surface area contributed by atoms with Gasteiger partial charge in [-0.3, -0.25) is 4.79 Å². The highest BCUT2D eigenvalue weighted by molar-refractivity contribution is 5.76. The van der Waals surface area contributed by atoms with Crippen molar-refractivity contribution in [2.45, 2.75) is 181 Å². The molecule has 1 unspecified atom stereocenters. The highest BCUT2D eigenvalue weighted by Crippen LogP contribution is 2.41. The summed E-state index contributed by atoms with van der Waals surface area (Å²) in [7, 11) is 0. The molecule has 1 atom stereocenters. The summed E-state index contributed by atoms with van der Waals surface area (Å²) in [6.45, 7) is 14.7. The van der Waals surface area contributed by atoms with E-state index in [0.29, 0.717) is 12.2 Å². The number of unbranched alkanes of at least 4 members (excludes halogenated alkanes) is 16. The van der Waals surface area contributed by atoms with Gasteiger partial charge < -0.3 is 10.2 Å². The maximum atomic E-state index is 12.2. The van der Waals surface area contributed by atoms with Crippen LogP contribution in [-0.2, 0) is 15.6 Å². The van der Waals surface area contributed by atoms with E-state index in [0.717, 1.165) is 29.5 Å². The van der Waals surface area contributed by atoms with Crippen LogP contribution in [0.2, 0.25) is 0 Å². The predicted octanol–water partition coefficient (Wildman–Crippen LogP) is 11.2. The quantitative estimate of drug-likeness (QED) is 0.165. The normalized spacial score (nSPS) is 13.1. The van der Waals surface area contributed by atoms with Crippen LogP contribution in [0.5, 0.6) is 5.75 Å². The third kappa shape index (κ3) is 13.5. The smallest absolute Gasteiger partial charge is 0.310 e. The fourth-order valence-electron chi connectivity index (χ4n) is 5.51. The van der Waals surface area contributed by atoms with Crippen LogP contribution in [0.3, 0.4) is 0 Å². The first-order chi connectivity index (χ1) is 17.9. The van der Waals surface area contributed by atoms with Gasteiger partial charge in [-0.05, 0) is 33.9 Å². The van der Waals surface area contributed by atoms with Gasteiger partial charge in [0.2, 0.25) is 0 Å². The number of hydrogen-bond donors (Lipinski definition) is 2. The molecule has 1 aromatic rings. The van der Waals surface area contributed by atoms with Gasteiger partial charge in [-0.15, -0.1) is 0 Å². The second kappa shape index (κ2) is 18.0. The van der Waals surface area contributed by atoms with Crippen LogP contribution in [-0.4, -0.2) is 16.2 Å². The molecule has 3 heteroatoms. The van der Waals surface area contributed by atoms with Crippen molar-refractivity contribution in [1.82, 2.24) is 0 Å². The molecule has 2 N–H and O–H groups in total. The number of hydrogen-bond acceptors (Lipinski definition) is 2. The molecule has 0 aliphatic carbocycles. The van der Waals surface area contributed by atoms with Crippen molar-refractivity contribution in [2.24, 2.45) is 0 Å². The molecular weight excluding hydrogens is 468 g/mol. The van der Waals surface area contributed by atoms with E-state index in [4.69, 9.17) is 0 Å². The van der Waals surface area contributed by atoms with Gasteiger partial charge in [0, 0.05) is 0 Å². The summed E-state index contributed by atoms with van der Waals surface area (Å²) >= 11 is 0. The van der Waals surface area contributed by atoms with Gasteiger partial charge in [-0.2, -0.15) is 0 Å². The lowest BCUT2D eigenvalue weighted by Crippen LogP contribution is -2.20. The molecule has 0 saturated heterocycles. The molecule has 220 valence electrons. The van der Waals surface area contributed by atoms with E-state index in [2.05, 4.69) is 48.5 Å². The van der Waals surface area contributed by atoms with Crippen LogP contribution in [0.15, 0.2) is 12.1 Å². The SMILES string of the molecule is CCCCCCCCCCCCCCCCCCCC(C(=O)O)c1cc(C(C)(C)C)c(O)c(C(C)(C)C)c1. The van der Waals surface area contributed by atoms with Crippen LogP contribution in [0, 0.1) is 0 Å². The Morgan fingerprint density at radius 1 is 0.632 bits per heavy atom. The molecule has 0 aliphatic heterocycles. The van der Waals surface area contributed by atoms with E-state index in [1.807, 2.05) is 12.1 Å². The van der Waals surface area contributed by atoms with E-state index < -0.39 is 11.9 Å². The van der Waals surface area contributed by atoms with Crippen molar-refractivity contribution in [3.8, 4) is 5.75 Å². The van der Waals surface area contributed by atoms with Crippen molar-refractivity contribution >= 4 is 5.97 Å². The summed E-state index contributed by atoms with van der Waals surface area (Å²) in [6.07, 6.45) is 23.2. The molecule has 1 rings (SSSR count). The molecule has 0 fully saturated rings. The average Bonchev–Trinajstić information content (AvgIpc) is 2.82. The summed E-state index contributed by atoms with van der Waals surface area (Å²) < 4.78 is 0. The number of carbonyl (C=O) groups is 1. The molecular formula is C35H62O3. The maximum absolute atomic E-state index is 12.2. The summed E-state index contributed by atoms with van der Waals surface area (Å²) in [4.78, 5) is 12.2. The van der Waals surface area contributed by atoms with E-state index in [1.165, 1.54) is 96.3 Å². The summed E-state index contributed by atoms with van der Waals surface area (Å²) in [5, 5.41) is 21.0. The van der Waals surface area contributed by atoms with Crippen LogP contribution < -0.4 is 0 Å². The number of phenols is 1. The molecule has 3 nitrogen and oxygen atoms in total. The monoisotopic (exact) mass is 530 g/mol. The van der Waals surface area contributed by atoms with E-state index in [1.54, 1.807) is 0 Å². The largest absolute Gasteiger partial charge is 0.507 e. The summed E-state index contributed by atoms with van der Waals surface area (Å²) in [5.41, 5.74) is 2.01. The van der Waals surface area contributed by atoms with E-state index in [9.17, 15) is 15.0 Å². The van der Waals surface area contributed by atoms with Gasteiger partial charge in [0.25, 0.3) is 0 Å². The number of aromatic hydroxyl groups is 1. The van der Waals surface area contributed by atoms with Crippen molar-refractivity contribution < 1.29 is 15.0 Å². The van der Waals surface area contributed by atoms with Gasteiger partial charge >= 0.3 is 5.97 Å². The highest BCUT2D eigenvalue weighted by Gasteiger charge is 2.29. The van der Waals surface area contributed by atoms with Gasteiger partial charge in [0.15, 0.2) is 0 Å². The fraction of sp³-hybridized carbons (Fsp3) is 0.800. The average molecular weight is 531 g/mol. The van der Waals surface area contributed by atoms with Gasteiger partial charge in [-0.1, -0.05) is 170 Å². The standard InChI is InChI=1S/C35H62O3/c1-8-9-10-11-12-13-14-15-16-17-18-19-20-21-22-23-24-25-29(33(37)38)28-26-30(34(2,3)4)32(36)31(27-28)35(5,6)7/h26-27,29,36H,8-25H2,1-7H3,(H,37,38). The Morgan fingerprint density at radius 3 is 1.24 bits per heavy atom. The molecule has 0 heterocycles. The maximum Gasteiger partial charge on any atom is 0.310 e. The van der Waals surface area contributed by atoms with Gasteiger partial charge in [0.1, 0.15) is 5.75 Å². The second-order valence-corrected chi connectivity index (χ2v) is 13.8. The number of rotatable bonds is 20. The zero-order valence-electron chi connectivity index (χ0n) is 26.3. The zero-order chi connectivity index (χ0) is 28.6. The third-order valence-corrected chi connectivity index (χ3v) is 8.05. The number of carboxylic acid groups (broad SMARTS) is 1. The molecule has 0 aromatic heterocycles. The lowest BCUT2D eigenvalue weighted by molar-refractivity contribution is -0.139. The third-order valence-electron chi connectivity index (χ3n) is 8.05. The lowest BCUT2D eigenvalue weighted by Gasteiger charge is -2.29. The number of carboxylic acids is 1. The van der Waals surface area contributed by atoms with E-state index in [-0.39, 0.29) is 10.8 Å². The molecule has 0 spiro atoms. The number of aliphatic carboxylic acids is 1. The molecule has 38 heavy (non-hydrogen) atoms. The summed E-state index contributed by atoms with van der Waals surface area (Å²) in [5.74, 6) is -0.961. The van der Waals surface area contributed by atoms with Crippen LogP contribution in [0.4, 0.5) is 0 Å². The lowest BCUT2D eigenvalue weighted by atomic mass is 9.76. The van der Waals surface area contributed by atoms with Crippen molar-refractivity contribution in [3.05, 3.63) is 28.8 Å². The van der Waals surface area contributed by atoms with Crippen LogP contribution in [0.25, 0.3) is 0 Å². The predicted molar refractivity (Wildman–Crippen MR) is 165 cm³/mol. The van der Waals surface area contributed by atoms with Gasteiger partial charge in [-0.25, -0.2) is 0 Å². The minimum absolute atomic E-state index is 0.253. The van der Waals surface area contributed by atoms with Crippen LogP contribution in [0.1, 0.15) is 187 Å². The topological polar surface area (TPSA) is 57.5 Å². The zero-order valence-corrected chi connectivity index (χ0v) is 26.3. The molecule has 0 radical (unpaired) electrons. The summed E-state index contributed by atoms with van der Waals surface area (Å²) in [6, 6.07) is 3.88. The fourth-order valence-corrected chi connectivity index (χ4v) is 5.51. The minimum Gasteiger partial charge on any atom is -0.507 e. The molecule has 0 amide bonds. The molecule has 0 bridgehead atoms. The van der Waals surface area contributed by atoms with Gasteiger partial charge in [0.05, 0.1) is 5.92 Å². The highest BCUT2D eigenvalue weighted by atomic mass is 16.4. The van der Waals surface area contributed by atoms with Crippen LogP contribution >= 0.6 is 0 Å². The first-order valence-electron chi connectivity index (χ1n) is 16.0. The molecule has 0 saturated carbocycles. The second-order valence-electron chi connectivity index (χ2n) is 13.8. The van der Waals surface area contributed by atoms with Crippen molar-refractivity contribution in [2.75, 3.05) is 0 Å². The number of phenolic OH excluding ortho intramolecular Hbond substituents is 1. The number of benzene rings is 1. The molecule has 0 aliphatic rings. The Labute approximate surface area is 236 Å². The Morgan fingerprint density at radius 2 is 0.947 bits per heavy atom. The van der Waals surface area contributed by atoms with Crippen molar-refractivity contribution in [1.29, 1.82) is 0 Å². The van der Waals surface area contributed by atoms with Crippen molar-refractivity contribution in [3.63, 3.8) is 0 Å². The minimum atomic E-state index is -0.757.